The molecule has 4 aliphatic rings. The summed E-state index contributed by atoms with van der Waals surface area (Å²) in [7, 11) is 0. The normalized spacial score (nSPS) is 23.0. The largest absolute Gasteiger partial charge is 0.465 e. The number of carbonyl (C=O) groups is 1. The van der Waals surface area contributed by atoms with E-state index in [1.165, 1.54) is 34.2 Å². The fourth-order valence-corrected chi connectivity index (χ4v) is 7.15. The molecule has 0 unspecified atom stereocenters. The maximum atomic E-state index is 11.9. The van der Waals surface area contributed by atoms with Crippen LogP contribution in [0, 0.1) is 16.7 Å². The summed E-state index contributed by atoms with van der Waals surface area (Å²) in [6, 6.07) is 17.5. The number of aromatic nitrogens is 2. The molecule has 3 aromatic rings. The molecule has 3 fully saturated rings. The minimum atomic E-state index is -0.982. The highest BCUT2D eigenvalue weighted by molar-refractivity contribution is 5.94. The first-order chi connectivity index (χ1) is 20.5. The zero-order valence-electron chi connectivity index (χ0n) is 23.8. The molecule has 1 amide bonds. The lowest BCUT2D eigenvalue weighted by molar-refractivity contribution is 0.119. The van der Waals surface area contributed by atoms with E-state index >= 15 is 0 Å². The lowest BCUT2D eigenvalue weighted by atomic mass is 9.96. The van der Waals surface area contributed by atoms with E-state index in [9.17, 15) is 15.2 Å². The van der Waals surface area contributed by atoms with Gasteiger partial charge in [-0.05, 0) is 50.1 Å². The van der Waals surface area contributed by atoms with Gasteiger partial charge in [-0.2, -0.15) is 15.2 Å². The van der Waals surface area contributed by atoms with Crippen LogP contribution >= 0.6 is 0 Å². The molecule has 2 N–H and O–H groups in total. The van der Waals surface area contributed by atoms with Gasteiger partial charge in [0.25, 0.3) is 0 Å². The number of amides is 1. The van der Waals surface area contributed by atoms with Crippen LogP contribution in [-0.4, -0.2) is 77.5 Å². The molecular weight excluding hydrogens is 530 g/mol. The average Bonchev–Trinajstić information content (AvgIpc) is 3.60. The highest BCUT2D eigenvalue weighted by Gasteiger charge is 2.51. The van der Waals surface area contributed by atoms with Crippen molar-refractivity contribution < 1.29 is 14.6 Å². The number of benzene rings is 2. The Bertz CT molecular complexity index is 1520. The molecule has 42 heavy (non-hydrogen) atoms. The fraction of sp³-hybridized carbons (Fsp3) is 0.500. The Morgan fingerprint density at radius 2 is 1.98 bits per heavy atom. The molecule has 0 bridgehead atoms. The minimum Gasteiger partial charge on any atom is -0.465 e. The third-order valence-electron chi connectivity index (χ3n) is 9.67. The van der Waals surface area contributed by atoms with E-state index in [1.807, 2.05) is 0 Å². The molecule has 1 aromatic heterocycles. The third kappa shape index (κ3) is 4.96. The van der Waals surface area contributed by atoms with Crippen molar-refractivity contribution in [3.63, 3.8) is 0 Å². The molecule has 2 atom stereocenters. The summed E-state index contributed by atoms with van der Waals surface area (Å²) in [5, 5.41) is 25.2. The number of hydrogen-bond acceptors (Lipinski definition) is 8. The van der Waals surface area contributed by atoms with E-state index in [1.54, 1.807) is 0 Å². The summed E-state index contributed by atoms with van der Waals surface area (Å²) in [4.78, 5) is 27.8. The number of ether oxygens (including phenoxy) is 1. The number of nitrogens with zero attached hydrogens (tertiary/aromatic N) is 6. The minimum absolute atomic E-state index is 0.144. The monoisotopic (exact) mass is 567 g/mol. The van der Waals surface area contributed by atoms with Gasteiger partial charge in [0, 0.05) is 54.3 Å². The first kappa shape index (κ1) is 26.8. The first-order valence-electron chi connectivity index (χ1n) is 15.1. The lowest BCUT2D eigenvalue weighted by Crippen LogP contribution is -2.55. The standard InChI is InChI=1S/C32H37N7O3/c33-14-10-23-19-38(17-18-39(23)31(40)41)29-25-11-16-37(27-8-3-6-22-5-1-2-7-24(22)27)20-26(25)35-30(36-29)42-21-32(12-13-32)28-9-4-15-34-28/h1-3,5-8,23,28,34H,4,9-13,15-21H2,(H,40,41)/t23-,28+/m0/s1. The smallest absolute Gasteiger partial charge is 0.407 e. The topological polar surface area (TPSA) is 118 Å². The van der Waals surface area contributed by atoms with Crippen LogP contribution in [0.1, 0.15) is 43.4 Å². The zero-order valence-corrected chi connectivity index (χ0v) is 23.8. The summed E-state index contributed by atoms with van der Waals surface area (Å²) in [6.45, 7) is 4.40. The maximum absolute atomic E-state index is 11.9. The molecule has 0 radical (unpaired) electrons. The van der Waals surface area contributed by atoms with Gasteiger partial charge in [0.2, 0.25) is 0 Å². The molecule has 7 rings (SSSR count). The second-order valence-electron chi connectivity index (χ2n) is 12.2. The summed E-state index contributed by atoms with van der Waals surface area (Å²) in [6.07, 6.45) is 4.65. The van der Waals surface area contributed by atoms with Crippen LogP contribution < -0.4 is 19.9 Å². The quantitative estimate of drug-likeness (QED) is 0.433. The number of hydrogen-bond donors (Lipinski definition) is 2. The van der Waals surface area contributed by atoms with Crippen molar-refractivity contribution in [2.45, 2.75) is 57.2 Å². The number of carboxylic acid groups (broad SMARTS) is 1. The van der Waals surface area contributed by atoms with Gasteiger partial charge >= 0.3 is 12.1 Å². The number of rotatable bonds is 7. The number of anilines is 2. The van der Waals surface area contributed by atoms with Gasteiger partial charge in [-0.3, -0.25) is 0 Å². The number of piperazine rings is 1. The fourth-order valence-electron chi connectivity index (χ4n) is 7.15. The Kier molecular flexibility index (Phi) is 6.98. The SMILES string of the molecule is N#CC[C@H]1CN(c2nc(OCC3([C@H]4CCCN4)CC3)nc3c2CCN(c2cccc4ccccc24)C3)CCN1C(=O)O. The molecular formula is C32H37N7O3. The van der Waals surface area contributed by atoms with Gasteiger partial charge in [0.15, 0.2) is 0 Å². The summed E-state index contributed by atoms with van der Waals surface area (Å²) < 4.78 is 6.42. The van der Waals surface area contributed by atoms with Crippen LogP contribution in [0.15, 0.2) is 42.5 Å². The summed E-state index contributed by atoms with van der Waals surface area (Å²) in [5.41, 5.74) is 3.40. The number of fused-ring (bicyclic) bond motifs is 2. The van der Waals surface area contributed by atoms with Crippen molar-refractivity contribution in [1.82, 2.24) is 20.2 Å². The molecule has 2 aromatic carbocycles. The van der Waals surface area contributed by atoms with Crippen LogP contribution in [0.3, 0.4) is 0 Å². The van der Waals surface area contributed by atoms with Gasteiger partial charge in [-0.25, -0.2) is 4.79 Å². The summed E-state index contributed by atoms with van der Waals surface area (Å²) >= 11 is 0. The second-order valence-corrected chi connectivity index (χ2v) is 12.2. The Labute approximate surface area is 245 Å². The van der Waals surface area contributed by atoms with Crippen molar-refractivity contribution in [3.8, 4) is 12.1 Å². The van der Waals surface area contributed by atoms with Crippen LogP contribution in [0.4, 0.5) is 16.3 Å². The zero-order chi connectivity index (χ0) is 28.7. The molecule has 1 aliphatic carbocycles. The van der Waals surface area contributed by atoms with Crippen molar-refractivity contribution in [2.24, 2.45) is 5.41 Å². The predicted octanol–water partition coefficient (Wildman–Crippen LogP) is 4.19. The van der Waals surface area contributed by atoms with Gasteiger partial charge in [-0.15, -0.1) is 0 Å². The molecule has 3 aliphatic heterocycles. The van der Waals surface area contributed by atoms with Crippen molar-refractivity contribution >= 4 is 28.4 Å². The Morgan fingerprint density at radius 1 is 1.12 bits per heavy atom. The van der Waals surface area contributed by atoms with E-state index in [0.717, 1.165) is 49.4 Å². The van der Waals surface area contributed by atoms with Gasteiger partial charge in [-0.1, -0.05) is 36.4 Å². The molecule has 10 heteroatoms. The molecule has 10 nitrogen and oxygen atoms in total. The van der Waals surface area contributed by atoms with Crippen molar-refractivity contribution in [2.75, 3.05) is 49.1 Å². The van der Waals surface area contributed by atoms with E-state index in [2.05, 4.69) is 63.7 Å². The molecule has 0 spiro atoms. The van der Waals surface area contributed by atoms with Crippen molar-refractivity contribution in [1.29, 1.82) is 5.26 Å². The Hall–Kier alpha value is -4.10. The molecule has 1 saturated carbocycles. The maximum Gasteiger partial charge on any atom is 0.407 e. The van der Waals surface area contributed by atoms with E-state index in [0.29, 0.717) is 44.8 Å². The van der Waals surface area contributed by atoms with Crippen molar-refractivity contribution in [3.05, 3.63) is 53.7 Å². The van der Waals surface area contributed by atoms with Crippen LogP contribution in [0.5, 0.6) is 6.01 Å². The van der Waals surface area contributed by atoms with E-state index in [-0.39, 0.29) is 11.8 Å². The Balaban J connectivity index is 1.21. The predicted molar refractivity (Wildman–Crippen MR) is 160 cm³/mol. The van der Waals surface area contributed by atoms with Crippen LogP contribution in [0.25, 0.3) is 10.8 Å². The number of nitriles is 1. The van der Waals surface area contributed by atoms with E-state index < -0.39 is 12.1 Å². The van der Waals surface area contributed by atoms with Crippen LogP contribution in [0.2, 0.25) is 0 Å². The number of nitrogens with one attached hydrogen (secondary N) is 1. The van der Waals surface area contributed by atoms with Gasteiger partial charge < -0.3 is 29.9 Å². The highest BCUT2D eigenvalue weighted by atomic mass is 16.5. The summed E-state index contributed by atoms with van der Waals surface area (Å²) in [5.74, 6) is 0.824. The highest BCUT2D eigenvalue weighted by Crippen LogP contribution is 2.51. The van der Waals surface area contributed by atoms with Gasteiger partial charge in [0.1, 0.15) is 5.82 Å². The second kappa shape index (κ2) is 11.0. The van der Waals surface area contributed by atoms with E-state index in [4.69, 9.17) is 14.7 Å². The Morgan fingerprint density at radius 3 is 2.76 bits per heavy atom. The molecule has 4 heterocycles. The van der Waals surface area contributed by atoms with Gasteiger partial charge in [0.05, 0.1) is 37.4 Å². The lowest BCUT2D eigenvalue weighted by Gasteiger charge is -2.41. The molecule has 2 saturated heterocycles. The van der Waals surface area contributed by atoms with Crippen LogP contribution in [-0.2, 0) is 13.0 Å². The first-order valence-corrected chi connectivity index (χ1v) is 15.1. The average molecular weight is 568 g/mol. The third-order valence-corrected chi connectivity index (χ3v) is 9.67. The molecule has 218 valence electrons.